The van der Waals surface area contributed by atoms with Crippen molar-refractivity contribution in [2.45, 2.75) is 0 Å². The van der Waals surface area contributed by atoms with Crippen molar-refractivity contribution < 1.29 is 0 Å². The number of rotatable bonds is 0. The molecule has 0 aromatic heterocycles. The molecule has 2 aliphatic heterocycles. The van der Waals surface area contributed by atoms with Crippen LogP contribution < -0.4 is 0 Å². The lowest BCUT2D eigenvalue weighted by Crippen LogP contribution is -2.18. The van der Waals surface area contributed by atoms with Crippen LogP contribution in [0.2, 0.25) is 0 Å². The van der Waals surface area contributed by atoms with Crippen molar-refractivity contribution in [3.8, 4) is 6.19 Å². The summed E-state index contributed by atoms with van der Waals surface area (Å²) in [7, 11) is 0. The van der Waals surface area contributed by atoms with Crippen LogP contribution in [0.1, 0.15) is 0 Å². The molecule has 0 saturated heterocycles. The van der Waals surface area contributed by atoms with Gasteiger partial charge in [0.25, 0.3) is 0 Å². The normalized spacial score (nSPS) is 19.7. The van der Waals surface area contributed by atoms with Gasteiger partial charge in [0.05, 0.1) is 6.20 Å². The number of fused-ring (bicyclic) bond motifs is 1. The van der Waals surface area contributed by atoms with Gasteiger partial charge in [-0.1, -0.05) is 0 Å². The minimum atomic E-state index is 0.557. The van der Waals surface area contributed by atoms with Crippen molar-refractivity contribution in [3.05, 3.63) is 24.4 Å². The summed E-state index contributed by atoms with van der Waals surface area (Å²) in [5.74, 6) is 0.717. The fraction of sp³-hybridized carbons (Fsp3) is 0.167. The third kappa shape index (κ3) is 0.846. The topological polar surface area (TPSA) is 55.0 Å². The molecule has 0 amide bonds. The van der Waals surface area contributed by atoms with E-state index in [0.717, 1.165) is 0 Å². The zero-order valence-electron chi connectivity index (χ0n) is 5.68. The number of azo groups is 1. The molecule has 0 bridgehead atoms. The van der Waals surface area contributed by atoms with Gasteiger partial charge >= 0.3 is 0 Å². The van der Waals surface area contributed by atoms with Crippen LogP contribution in [0.25, 0.3) is 0 Å². The summed E-state index contributed by atoms with van der Waals surface area (Å²) in [6.07, 6.45) is 7.04. The third-order valence-electron chi connectivity index (χ3n) is 1.46. The van der Waals surface area contributed by atoms with E-state index in [-0.39, 0.29) is 0 Å². The first-order valence-corrected chi connectivity index (χ1v) is 3.12. The van der Waals surface area contributed by atoms with Gasteiger partial charge in [0.15, 0.2) is 12.0 Å². The summed E-state index contributed by atoms with van der Waals surface area (Å²) in [6.45, 7) is 0.557. The van der Waals surface area contributed by atoms with Gasteiger partial charge in [-0.3, -0.25) is 4.90 Å². The van der Waals surface area contributed by atoms with Crippen LogP contribution in [-0.2, 0) is 0 Å². The minimum Gasteiger partial charge on any atom is -0.307 e. The molecule has 54 valence electrons. The molecule has 2 heterocycles. The van der Waals surface area contributed by atoms with Crippen molar-refractivity contribution in [2.75, 3.05) is 6.67 Å². The zero-order valence-corrected chi connectivity index (χ0v) is 5.68. The predicted octanol–water partition coefficient (Wildman–Crippen LogP) is 0.778. The maximum Gasteiger partial charge on any atom is 0.188 e. The van der Waals surface area contributed by atoms with Gasteiger partial charge in [0.1, 0.15) is 6.67 Å². The highest BCUT2D eigenvalue weighted by atomic mass is 15.4. The van der Waals surface area contributed by atoms with Crippen LogP contribution >= 0.6 is 0 Å². The molecule has 5 heteroatoms. The van der Waals surface area contributed by atoms with E-state index in [9.17, 15) is 0 Å². The van der Waals surface area contributed by atoms with Crippen LogP contribution in [0.3, 0.4) is 0 Å². The first-order chi connectivity index (χ1) is 5.40. The Morgan fingerprint density at radius 1 is 1.55 bits per heavy atom. The highest BCUT2D eigenvalue weighted by molar-refractivity contribution is 5.14. The van der Waals surface area contributed by atoms with Crippen LogP contribution in [0.15, 0.2) is 34.6 Å². The largest absolute Gasteiger partial charge is 0.307 e. The van der Waals surface area contributed by atoms with E-state index in [1.165, 1.54) is 4.90 Å². The average Bonchev–Trinajstić information content (AvgIpc) is 2.50. The monoisotopic (exact) mass is 147 g/mol. The van der Waals surface area contributed by atoms with Gasteiger partial charge in [-0.05, 0) is 0 Å². The van der Waals surface area contributed by atoms with Gasteiger partial charge < -0.3 is 4.90 Å². The molecule has 11 heavy (non-hydrogen) atoms. The Kier molecular flexibility index (Phi) is 1.13. The van der Waals surface area contributed by atoms with E-state index >= 15 is 0 Å². The van der Waals surface area contributed by atoms with E-state index < -0.39 is 0 Å². The molecule has 0 N–H and O–H groups in total. The standard InChI is InChI=1S/C6H5N5/c7-4-10-1-2-11-5-8-9-6(11)3-10/h1-3H,5H2. The quantitative estimate of drug-likeness (QED) is 0.476. The Morgan fingerprint density at radius 3 is 3.27 bits per heavy atom. The van der Waals surface area contributed by atoms with E-state index in [4.69, 9.17) is 5.26 Å². The van der Waals surface area contributed by atoms with Crippen molar-refractivity contribution in [1.82, 2.24) is 9.80 Å². The predicted molar refractivity (Wildman–Crippen MR) is 36.2 cm³/mol. The second-order valence-electron chi connectivity index (χ2n) is 2.15. The first kappa shape index (κ1) is 5.92. The molecule has 0 fully saturated rings. The van der Waals surface area contributed by atoms with Crippen molar-refractivity contribution in [1.29, 1.82) is 5.26 Å². The molecule has 5 nitrogen and oxygen atoms in total. The van der Waals surface area contributed by atoms with Gasteiger partial charge in [0.2, 0.25) is 0 Å². The van der Waals surface area contributed by atoms with Crippen LogP contribution in [0.5, 0.6) is 0 Å². The number of nitrogens with zero attached hydrogens (tertiary/aromatic N) is 5. The lowest BCUT2D eigenvalue weighted by molar-refractivity contribution is 0.476. The molecule has 0 aromatic rings. The lowest BCUT2D eigenvalue weighted by atomic mass is 10.5. The zero-order chi connectivity index (χ0) is 7.68. The number of hydrogen-bond acceptors (Lipinski definition) is 5. The Balaban J connectivity index is 2.28. The molecule has 0 atom stereocenters. The second-order valence-corrected chi connectivity index (χ2v) is 2.15. The Hall–Kier alpha value is -1.83. The van der Waals surface area contributed by atoms with E-state index in [0.29, 0.717) is 12.5 Å². The van der Waals surface area contributed by atoms with Crippen molar-refractivity contribution in [3.63, 3.8) is 0 Å². The van der Waals surface area contributed by atoms with E-state index in [2.05, 4.69) is 10.2 Å². The van der Waals surface area contributed by atoms with E-state index in [1.54, 1.807) is 18.6 Å². The highest BCUT2D eigenvalue weighted by Gasteiger charge is 2.16. The van der Waals surface area contributed by atoms with Crippen LogP contribution in [-0.4, -0.2) is 16.5 Å². The van der Waals surface area contributed by atoms with Gasteiger partial charge in [-0.25, -0.2) is 0 Å². The fourth-order valence-electron chi connectivity index (χ4n) is 0.908. The number of hydrogen-bond donors (Lipinski definition) is 0. The Labute approximate surface area is 63.5 Å². The molecule has 0 saturated carbocycles. The maximum atomic E-state index is 8.50. The van der Waals surface area contributed by atoms with Crippen molar-refractivity contribution >= 4 is 0 Å². The fourth-order valence-corrected chi connectivity index (χ4v) is 0.908. The molecule has 0 unspecified atom stereocenters. The summed E-state index contributed by atoms with van der Waals surface area (Å²) in [4.78, 5) is 3.24. The Bertz CT molecular complexity index is 295. The number of nitriles is 1. The smallest absolute Gasteiger partial charge is 0.188 e. The Morgan fingerprint density at radius 2 is 2.45 bits per heavy atom. The molecule has 2 rings (SSSR count). The molecular formula is C6H5N5. The van der Waals surface area contributed by atoms with E-state index in [1.807, 2.05) is 11.1 Å². The summed E-state index contributed by atoms with van der Waals surface area (Å²) < 4.78 is 0. The maximum absolute atomic E-state index is 8.50. The van der Waals surface area contributed by atoms with Crippen molar-refractivity contribution in [2.24, 2.45) is 10.2 Å². The summed E-state index contributed by atoms with van der Waals surface area (Å²) in [5, 5.41) is 16.1. The summed E-state index contributed by atoms with van der Waals surface area (Å²) in [6, 6.07) is 0. The van der Waals surface area contributed by atoms with Gasteiger partial charge in [-0.2, -0.15) is 10.4 Å². The van der Waals surface area contributed by atoms with Gasteiger partial charge in [0, 0.05) is 12.4 Å². The van der Waals surface area contributed by atoms with Crippen LogP contribution in [0, 0.1) is 11.5 Å². The molecule has 0 spiro atoms. The third-order valence-corrected chi connectivity index (χ3v) is 1.46. The highest BCUT2D eigenvalue weighted by Crippen LogP contribution is 2.18. The molecule has 0 aliphatic carbocycles. The second kappa shape index (κ2) is 2.09. The SMILES string of the molecule is N#CN1C=CN2CN=NC2=C1. The molecule has 0 aromatic carbocycles. The molecule has 2 aliphatic rings. The molecule has 0 radical (unpaired) electrons. The summed E-state index contributed by atoms with van der Waals surface area (Å²) in [5.41, 5.74) is 0. The summed E-state index contributed by atoms with van der Waals surface area (Å²) >= 11 is 0. The lowest BCUT2D eigenvalue weighted by Gasteiger charge is -2.17. The van der Waals surface area contributed by atoms with Crippen LogP contribution in [0.4, 0.5) is 0 Å². The molecular weight excluding hydrogens is 142 g/mol. The minimum absolute atomic E-state index is 0.557. The first-order valence-electron chi connectivity index (χ1n) is 3.12. The average molecular weight is 147 g/mol. The van der Waals surface area contributed by atoms with Gasteiger partial charge in [-0.15, -0.1) is 5.11 Å².